The maximum atomic E-state index is 6.04. The predicted molar refractivity (Wildman–Crippen MR) is 80.1 cm³/mol. The summed E-state index contributed by atoms with van der Waals surface area (Å²) in [5.74, 6) is 9.18. The molecule has 2 rings (SSSR count). The molecule has 1 aromatic carbocycles. The van der Waals surface area contributed by atoms with E-state index in [1.165, 1.54) is 11.5 Å². The van der Waals surface area contributed by atoms with Crippen LogP contribution in [0.25, 0.3) is 0 Å². The van der Waals surface area contributed by atoms with Gasteiger partial charge in [0.05, 0.1) is 16.1 Å². The van der Waals surface area contributed by atoms with Crippen LogP contribution in [0.1, 0.15) is 11.6 Å². The van der Waals surface area contributed by atoms with Gasteiger partial charge in [-0.3, -0.25) is 11.3 Å². The van der Waals surface area contributed by atoms with Gasteiger partial charge >= 0.3 is 0 Å². The third kappa shape index (κ3) is 3.46. The zero-order chi connectivity index (χ0) is 12.3. The van der Waals surface area contributed by atoms with E-state index in [0.717, 1.165) is 11.3 Å². The second-order valence-corrected chi connectivity index (χ2v) is 7.11. The summed E-state index contributed by atoms with van der Waals surface area (Å²) in [6.45, 7) is 0. The maximum Gasteiger partial charge on any atom is 0.0595 e. The summed E-state index contributed by atoms with van der Waals surface area (Å²) in [6, 6.07) is 5.83. The molecule has 2 nitrogen and oxygen atoms in total. The molecule has 17 heavy (non-hydrogen) atoms. The molecule has 1 fully saturated rings. The van der Waals surface area contributed by atoms with Crippen LogP contribution in [0.15, 0.2) is 18.2 Å². The molecule has 0 bridgehead atoms. The molecule has 1 heterocycles. The predicted octanol–water partition coefficient (Wildman–Crippen LogP) is 3.35. The number of benzene rings is 1. The zero-order valence-electron chi connectivity index (χ0n) is 9.16. The van der Waals surface area contributed by atoms with Gasteiger partial charge < -0.3 is 0 Å². The third-order valence-electron chi connectivity index (χ3n) is 2.70. The molecule has 94 valence electrons. The van der Waals surface area contributed by atoms with Crippen molar-refractivity contribution in [1.29, 1.82) is 0 Å². The van der Waals surface area contributed by atoms with Crippen molar-refractivity contribution in [3.05, 3.63) is 33.8 Å². The summed E-state index contributed by atoms with van der Waals surface area (Å²) in [7, 11) is 0. The fraction of sp³-hybridized carbons (Fsp3) is 0.455. The monoisotopic (exact) mass is 308 g/mol. The van der Waals surface area contributed by atoms with Crippen LogP contribution in [0, 0.1) is 0 Å². The number of thioether (sulfide) groups is 2. The van der Waals surface area contributed by atoms with Crippen molar-refractivity contribution in [2.24, 2.45) is 5.84 Å². The Hall–Kier alpha value is 0.420. The number of hydrogen-bond acceptors (Lipinski definition) is 4. The van der Waals surface area contributed by atoms with Crippen molar-refractivity contribution in [2.75, 3.05) is 17.3 Å². The summed E-state index contributed by atoms with van der Waals surface area (Å²) >= 11 is 15.9. The minimum absolute atomic E-state index is 0.127. The Morgan fingerprint density at radius 3 is 2.71 bits per heavy atom. The minimum Gasteiger partial charge on any atom is -0.271 e. The first-order chi connectivity index (χ1) is 8.22. The Bertz CT molecular complexity index is 384. The van der Waals surface area contributed by atoms with Crippen molar-refractivity contribution in [1.82, 2.24) is 5.43 Å². The number of halogens is 2. The summed E-state index contributed by atoms with van der Waals surface area (Å²) in [5, 5.41) is 1.64. The summed E-state index contributed by atoms with van der Waals surface area (Å²) < 4.78 is 0. The lowest BCUT2D eigenvalue weighted by Crippen LogP contribution is -2.37. The van der Waals surface area contributed by atoms with Crippen molar-refractivity contribution in [3.8, 4) is 0 Å². The van der Waals surface area contributed by atoms with Crippen LogP contribution in [0.4, 0.5) is 0 Å². The van der Waals surface area contributed by atoms with Crippen LogP contribution in [0.3, 0.4) is 0 Å². The standard InChI is InChI=1S/C11H14Cl2N2S2/c12-8-2-1-7(5-9(8)13)11(15-14)10-6-16-3-4-17-10/h1-2,5,10-11,15H,3-4,6,14H2. The molecule has 1 saturated heterocycles. The van der Waals surface area contributed by atoms with E-state index in [1.54, 1.807) is 0 Å². The fourth-order valence-corrected chi connectivity index (χ4v) is 4.98. The molecule has 0 saturated carbocycles. The quantitative estimate of drug-likeness (QED) is 0.663. The van der Waals surface area contributed by atoms with Gasteiger partial charge in [-0.15, -0.1) is 0 Å². The molecule has 3 N–H and O–H groups in total. The molecular formula is C11H14Cl2N2S2. The van der Waals surface area contributed by atoms with Crippen LogP contribution in [-0.2, 0) is 0 Å². The van der Waals surface area contributed by atoms with Gasteiger partial charge in [0.25, 0.3) is 0 Å². The van der Waals surface area contributed by atoms with Crippen LogP contribution in [0.2, 0.25) is 10.0 Å². The van der Waals surface area contributed by atoms with E-state index in [2.05, 4.69) is 5.43 Å². The summed E-state index contributed by atoms with van der Waals surface area (Å²) in [5.41, 5.74) is 4.00. The molecule has 1 aliphatic rings. The molecule has 2 unspecified atom stereocenters. The Labute approximate surface area is 120 Å². The first-order valence-electron chi connectivity index (χ1n) is 5.33. The van der Waals surface area contributed by atoms with Gasteiger partial charge in [0.1, 0.15) is 0 Å². The van der Waals surface area contributed by atoms with E-state index in [9.17, 15) is 0 Å². The number of hydrazine groups is 1. The lowest BCUT2D eigenvalue weighted by molar-refractivity contribution is 0.553. The number of hydrogen-bond donors (Lipinski definition) is 2. The topological polar surface area (TPSA) is 38.0 Å². The van der Waals surface area contributed by atoms with E-state index >= 15 is 0 Å². The normalized spacial score (nSPS) is 22.4. The minimum atomic E-state index is 0.127. The highest BCUT2D eigenvalue weighted by Crippen LogP contribution is 2.35. The Morgan fingerprint density at radius 2 is 2.12 bits per heavy atom. The summed E-state index contributed by atoms with van der Waals surface area (Å²) in [6.07, 6.45) is 0. The molecule has 0 amide bonds. The van der Waals surface area contributed by atoms with Crippen LogP contribution in [-0.4, -0.2) is 22.5 Å². The molecule has 1 aromatic rings. The highest BCUT2D eigenvalue weighted by molar-refractivity contribution is 8.06. The SMILES string of the molecule is NNC(c1ccc(Cl)c(Cl)c1)C1CSCCS1. The largest absolute Gasteiger partial charge is 0.271 e. The van der Waals surface area contributed by atoms with E-state index < -0.39 is 0 Å². The summed E-state index contributed by atoms with van der Waals surface area (Å²) in [4.78, 5) is 0. The Morgan fingerprint density at radius 1 is 1.29 bits per heavy atom. The second-order valence-electron chi connectivity index (χ2n) is 3.80. The highest BCUT2D eigenvalue weighted by Gasteiger charge is 2.25. The average molecular weight is 309 g/mol. The molecule has 2 atom stereocenters. The van der Waals surface area contributed by atoms with Gasteiger partial charge in [-0.1, -0.05) is 29.3 Å². The van der Waals surface area contributed by atoms with Gasteiger partial charge in [0.2, 0.25) is 0 Å². The van der Waals surface area contributed by atoms with E-state index in [-0.39, 0.29) is 6.04 Å². The lowest BCUT2D eigenvalue weighted by Gasteiger charge is -2.29. The number of nitrogens with one attached hydrogen (secondary N) is 1. The lowest BCUT2D eigenvalue weighted by atomic mass is 10.1. The second kappa shape index (κ2) is 6.55. The van der Waals surface area contributed by atoms with Crippen LogP contribution < -0.4 is 11.3 Å². The average Bonchev–Trinajstić information content (AvgIpc) is 2.36. The van der Waals surface area contributed by atoms with Gasteiger partial charge in [-0.25, -0.2) is 0 Å². The number of nitrogens with two attached hydrogens (primary N) is 1. The van der Waals surface area contributed by atoms with Crippen LogP contribution >= 0.6 is 46.7 Å². The van der Waals surface area contributed by atoms with E-state index in [0.29, 0.717) is 15.3 Å². The fourth-order valence-electron chi connectivity index (χ4n) is 1.82. The first kappa shape index (κ1) is 13.8. The molecular weight excluding hydrogens is 295 g/mol. The van der Waals surface area contributed by atoms with Crippen LogP contribution in [0.5, 0.6) is 0 Å². The molecule has 0 aromatic heterocycles. The van der Waals surface area contributed by atoms with Gasteiger partial charge in [0, 0.05) is 22.5 Å². The maximum absolute atomic E-state index is 6.04. The van der Waals surface area contributed by atoms with Crippen molar-refractivity contribution in [3.63, 3.8) is 0 Å². The van der Waals surface area contributed by atoms with Crippen molar-refractivity contribution in [2.45, 2.75) is 11.3 Å². The van der Waals surface area contributed by atoms with E-state index in [1.807, 2.05) is 41.7 Å². The van der Waals surface area contributed by atoms with Crippen molar-refractivity contribution >= 4 is 46.7 Å². The molecule has 6 heteroatoms. The molecule has 0 radical (unpaired) electrons. The third-order valence-corrected chi connectivity index (χ3v) is 6.30. The van der Waals surface area contributed by atoms with Gasteiger partial charge in [-0.05, 0) is 17.7 Å². The van der Waals surface area contributed by atoms with E-state index in [4.69, 9.17) is 29.0 Å². The molecule has 0 aliphatic carbocycles. The highest BCUT2D eigenvalue weighted by atomic mass is 35.5. The number of rotatable bonds is 3. The Kier molecular flexibility index (Phi) is 5.33. The molecule has 1 aliphatic heterocycles. The van der Waals surface area contributed by atoms with Gasteiger partial charge in [0.15, 0.2) is 0 Å². The smallest absolute Gasteiger partial charge is 0.0595 e. The Balaban J connectivity index is 2.18. The zero-order valence-corrected chi connectivity index (χ0v) is 12.3. The first-order valence-corrected chi connectivity index (χ1v) is 8.28. The molecule has 0 spiro atoms. The van der Waals surface area contributed by atoms with Gasteiger partial charge in [-0.2, -0.15) is 23.5 Å². The van der Waals surface area contributed by atoms with Crippen molar-refractivity contribution < 1.29 is 0 Å².